The van der Waals surface area contributed by atoms with Crippen LogP contribution in [-0.4, -0.2) is 32.8 Å². The summed E-state index contributed by atoms with van der Waals surface area (Å²) < 4.78 is 10.4. The average Bonchev–Trinajstić information content (AvgIpc) is 3.17. The van der Waals surface area contributed by atoms with Gasteiger partial charge in [-0.15, -0.1) is 0 Å². The zero-order valence-corrected chi connectivity index (χ0v) is 14.1. The summed E-state index contributed by atoms with van der Waals surface area (Å²) in [5, 5.41) is 3.47. The molecule has 2 saturated carbocycles. The Labute approximate surface area is 138 Å². The second-order valence-corrected chi connectivity index (χ2v) is 6.92. The van der Waals surface area contributed by atoms with Crippen molar-refractivity contribution in [1.82, 2.24) is 5.32 Å². The van der Waals surface area contributed by atoms with E-state index in [0.717, 1.165) is 42.5 Å². The van der Waals surface area contributed by atoms with Crippen LogP contribution in [0.25, 0.3) is 0 Å². The molecular weight excluding hydrogens is 290 g/mol. The number of ether oxygens (including phenoxy) is 2. The summed E-state index contributed by atoms with van der Waals surface area (Å²) >= 11 is 0. The zero-order chi connectivity index (χ0) is 16.2. The zero-order valence-electron chi connectivity index (χ0n) is 14.1. The molecule has 0 aromatic heterocycles. The van der Waals surface area contributed by atoms with Gasteiger partial charge in [0.25, 0.3) is 0 Å². The third kappa shape index (κ3) is 3.69. The van der Waals surface area contributed by atoms with Crippen LogP contribution in [0.2, 0.25) is 0 Å². The maximum Gasteiger partial charge on any atom is 0.338 e. The number of benzene rings is 1. The second kappa shape index (κ2) is 7.35. The Kier molecular flexibility index (Phi) is 5.21. The van der Waals surface area contributed by atoms with Crippen molar-refractivity contribution in [2.45, 2.75) is 26.2 Å². The minimum Gasteiger partial charge on any atom is -0.497 e. The molecule has 0 spiro atoms. The first-order valence-corrected chi connectivity index (χ1v) is 8.71. The average molecular weight is 317 g/mol. The number of rotatable bonds is 7. The fourth-order valence-corrected chi connectivity index (χ4v) is 4.35. The number of methoxy groups -OCH3 is 1. The molecular formula is C19H27NO3. The number of carbonyl (C=O) groups excluding carboxylic acids is 1. The third-order valence-electron chi connectivity index (χ3n) is 5.76. The van der Waals surface area contributed by atoms with E-state index in [0.29, 0.717) is 12.2 Å². The summed E-state index contributed by atoms with van der Waals surface area (Å²) in [6.45, 7) is 4.60. The molecule has 4 nitrogen and oxygen atoms in total. The quantitative estimate of drug-likeness (QED) is 0.620. The van der Waals surface area contributed by atoms with Crippen LogP contribution in [0.15, 0.2) is 24.3 Å². The van der Waals surface area contributed by atoms with Crippen LogP contribution in [0.3, 0.4) is 0 Å². The van der Waals surface area contributed by atoms with Gasteiger partial charge in [-0.2, -0.15) is 0 Å². The Hall–Kier alpha value is -1.55. The van der Waals surface area contributed by atoms with Crippen LogP contribution >= 0.6 is 0 Å². The number of nitrogens with one attached hydrogen (secondary N) is 1. The molecule has 2 fully saturated rings. The molecule has 0 amide bonds. The summed E-state index contributed by atoms with van der Waals surface area (Å²) in [5.41, 5.74) is 0.563. The Bertz CT molecular complexity index is 526. The third-order valence-corrected chi connectivity index (χ3v) is 5.76. The van der Waals surface area contributed by atoms with E-state index < -0.39 is 0 Å². The Morgan fingerprint density at radius 1 is 1.22 bits per heavy atom. The number of esters is 1. The van der Waals surface area contributed by atoms with Crippen molar-refractivity contribution in [3.05, 3.63) is 29.8 Å². The smallest absolute Gasteiger partial charge is 0.338 e. The van der Waals surface area contributed by atoms with Crippen LogP contribution in [0.5, 0.6) is 5.75 Å². The summed E-state index contributed by atoms with van der Waals surface area (Å²) in [4.78, 5) is 11.9. The van der Waals surface area contributed by atoms with Gasteiger partial charge in [0.2, 0.25) is 0 Å². The van der Waals surface area contributed by atoms with Crippen molar-refractivity contribution in [2.24, 2.45) is 23.7 Å². The van der Waals surface area contributed by atoms with Crippen molar-refractivity contribution in [3.63, 3.8) is 0 Å². The Morgan fingerprint density at radius 2 is 1.96 bits per heavy atom. The minimum absolute atomic E-state index is 0.275. The first-order chi connectivity index (χ1) is 11.2. The first-order valence-electron chi connectivity index (χ1n) is 8.71. The minimum atomic E-state index is -0.275. The van der Waals surface area contributed by atoms with Gasteiger partial charge in [0.15, 0.2) is 0 Å². The highest BCUT2D eigenvalue weighted by atomic mass is 16.5. The van der Waals surface area contributed by atoms with Gasteiger partial charge >= 0.3 is 5.97 Å². The molecule has 3 rings (SSSR count). The van der Waals surface area contributed by atoms with Gasteiger partial charge in [-0.3, -0.25) is 0 Å². The number of hydrogen-bond donors (Lipinski definition) is 1. The van der Waals surface area contributed by atoms with E-state index in [-0.39, 0.29) is 5.97 Å². The van der Waals surface area contributed by atoms with Crippen LogP contribution < -0.4 is 10.1 Å². The number of hydrogen-bond acceptors (Lipinski definition) is 4. The predicted octanol–water partition coefficient (Wildman–Crippen LogP) is 3.12. The molecule has 0 heterocycles. The molecule has 0 saturated heterocycles. The molecule has 23 heavy (non-hydrogen) atoms. The van der Waals surface area contributed by atoms with Gasteiger partial charge in [-0.1, -0.05) is 6.92 Å². The predicted molar refractivity (Wildman–Crippen MR) is 89.6 cm³/mol. The van der Waals surface area contributed by atoms with E-state index in [1.54, 1.807) is 31.4 Å². The van der Waals surface area contributed by atoms with Gasteiger partial charge in [0.05, 0.1) is 12.7 Å². The molecule has 2 aliphatic carbocycles. The monoisotopic (exact) mass is 317 g/mol. The normalized spacial score (nSPS) is 28.8. The van der Waals surface area contributed by atoms with Crippen LogP contribution in [0.1, 0.15) is 36.5 Å². The van der Waals surface area contributed by atoms with E-state index in [4.69, 9.17) is 9.47 Å². The number of fused-ring (bicyclic) bond motifs is 2. The van der Waals surface area contributed by atoms with E-state index in [1.165, 1.54) is 19.3 Å². The lowest BCUT2D eigenvalue weighted by Gasteiger charge is -2.28. The maximum absolute atomic E-state index is 11.9. The Morgan fingerprint density at radius 3 is 2.61 bits per heavy atom. The topological polar surface area (TPSA) is 47.6 Å². The lowest BCUT2D eigenvalue weighted by atomic mass is 9.80. The largest absolute Gasteiger partial charge is 0.497 e. The number of carbonyl (C=O) groups is 1. The maximum atomic E-state index is 11.9. The van der Waals surface area contributed by atoms with Crippen LogP contribution in [0.4, 0.5) is 0 Å². The van der Waals surface area contributed by atoms with Crippen molar-refractivity contribution in [3.8, 4) is 5.75 Å². The first kappa shape index (κ1) is 16.3. The van der Waals surface area contributed by atoms with Crippen molar-refractivity contribution in [2.75, 3.05) is 26.8 Å². The molecule has 2 bridgehead atoms. The van der Waals surface area contributed by atoms with Crippen molar-refractivity contribution >= 4 is 5.97 Å². The van der Waals surface area contributed by atoms with Crippen molar-refractivity contribution < 1.29 is 14.3 Å². The van der Waals surface area contributed by atoms with Gasteiger partial charge in [0.1, 0.15) is 12.4 Å². The highest BCUT2D eigenvalue weighted by Crippen LogP contribution is 2.51. The second-order valence-electron chi connectivity index (χ2n) is 6.92. The van der Waals surface area contributed by atoms with Crippen LogP contribution in [-0.2, 0) is 4.74 Å². The van der Waals surface area contributed by atoms with E-state index in [9.17, 15) is 4.79 Å². The van der Waals surface area contributed by atoms with E-state index >= 15 is 0 Å². The molecule has 126 valence electrons. The molecule has 2 aliphatic rings. The molecule has 1 aromatic carbocycles. The highest BCUT2D eigenvalue weighted by Gasteiger charge is 2.44. The molecule has 4 unspecified atom stereocenters. The van der Waals surface area contributed by atoms with Crippen molar-refractivity contribution in [1.29, 1.82) is 0 Å². The van der Waals surface area contributed by atoms with E-state index in [1.807, 2.05) is 0 Å². The molecule has 4 heteroatoms. The lowest BCUT2D eigenvalue weighted by molar-refractivity contribution is 0.0506. The summed E-state index contributed by atoms with van der Waals surface area (Å²) in [6, 6.07) is 6.99. The SMILES string of the molecule is COc1ccc(C(=O)OCCNCC2C3CCC(C3)C2C)cc1. The fourth-order valence-electron chi connectivity index (χ4n) is 4.35. The Balaban J connectivity index is 1.34. The van der Waals surface area contributed by atoms with E-state index in [2.05, 4.69) is 12.2 Å². The molecule has 1 aromatic rings. The highest BCUT2D eigenvalue weighted by molar-refractivity contribution is 5.89. The fraction of sp³-hybridized carbons (Fsp3) is 0.632. The van der Waals surface area contributed by atoms with Crippen LogP contribution in [0, 0.1) is 23.7 Å². The van der Waals surface area contributed by atoms with Gasteiger partial charge in [-0.25, -0.2) is 4.79 Å². The molecule has 0 aliphatic heterocycles. The van der Waals surface area contributed by atoms with Gasteiger partial charge < -0.3 is 14.8 Å². The standard InChI is InChI=1S/C19H27NO3/c1-13-15-3-4-16(11-15)18(13)12-20-9-10-23-19(21)14-5-7-17(22-2)8-6-14/h5-8,13,15-16,18,20H,3-4,9-12H2,1-2H3. The van der Waals surface area contributed by atoms with Gasteiger partial charge in [0, 0.05) is 6.54 Å². The van der Waals surface area contributed by atoms with Gasteiger partial charge in [-0.05, 0) is 73.7 Å². The molecule has 1 N–H and O–H groups in total. The summed E-state index contributed by atoms with van der Waals surface area (Å²) in [5.74, 6) is 4.00. The molecule has 0 radical (unpaired) electrons. The summed E-state index contributed by atoms with van der Waals surface area (Å²) in [7, 11) is 1.61. The summed E-state index contributed by atoms with van der Waals surface area (Å²) in [6.07, 6.45) is 4.27. The molecule has 4 atom stereocenters. The lowest BCUT2D eigenvalue weighted by Crippen LogP contribution is -2.33.